The number of hydrogen-bond acceptors (Lipinski definition) is 7. The van der Waals surface area contributed by atoms with Gasteiger partial charge in [-0.15, -0.1) is 11.3 Å². The third kappa shape index (κ3) is 3.41. The molecular weight excluding hydrogens is 402 g/mol. The number of aromatic nitrogens is 2. The molecule has 150 valence electrons. The average Bonchev–Trinajstić information content (AvgIpc) is 3.34. The van der Waals surface area contributed by atoms with Gasteiger partial charge in [-0.2, -0.15) is 4.98 Å². The summed E-state index contributed by atoms with van der Waals surface area (Å²) in [6, 6.07) is 2.12. The Balaban J connectivity index is 1.33. The van der Waals surface area contributed by atoms with Crippen molar-refractivity contribution in [3.05, 3.63) is 16.2 Å². The number of nitrogens with zero attached hydrogens (tertiary/aromatic N) is 5. The monoisotopic (exact) mass is 423 g/mol. The van der Waals surface area contributed by atoms with Gasteiger partial charge in [0.2, 0.25) is 5.28 Å². The summed E-state index contributed by atoms with van der Waals surface area (Å²) in [5.41, 5.74) is 0.901. The van der Waals surface area contributed by atoms with E-state index in [2.05, 4.69) is 25.8 Å². The summed E-state index contributed by atoms with van der Waals surface area (Å²) in [6.07, 6.45) is -0.795. The molecule has 3 aliphatic rings. The quantitative estimate of drug-likeness (QED) is 0.758. The molecule has 0 bridgehead atoms. The molecule has 0 spiro atoms. The molecule has 10 heteroatoms. The Hall–Kier alpha value is -1.68. The van der Waals surface area contributed by atoms with Crippen LogP contribution in [0, 0.1) is 11.8 Å². The molecule has 2 aromatic heterocycles. The highest BCUT2D eigenvalue weighted by atomic mass is 35.5. The van der Waals surface area contributed by atoms with Crippen molar-refractivity contribution in [2.45, 2.75) is 6.54 Å². The van der Waals surface area contributed by atoms with Crippen LogP contribution in [0.15, 0.2) is 6.07 Å². The van der Waals surface area contributed by atoms with Crippen molar-refractivity contribution in [2.75, 3.05) is 57.4 Å². The van der Waals surface area contributed by atoms with Crippen molar-refractivity contribution in [3.63, 3.8) is 0 Å². The fourth-order valence-electron chi connectivity index (χ4n) is 4.60. The summed E-state index contributed by atoms with van der Waals surface area (Å²) in [6.45, 7) is 7.10. The fraction of sp³-hybridized carbons (Fsp3) is 0.611. The Kier molecular flexibility index (Phi) is 4.78. The highest BCUT2D eigenvalue weighted by molar-refractivity contribution is 7.19. The number of likely N-dealkylation sites (tertiary alicyclic amines) is 2. The molecule has 5 heterocycles. The second-order valence-corrected chi connectivity index (χ2v) is 9.22. The van der Waals surface area contributed by atoms with Crippen LogP contribution in [0.1, 0.15) is 4.88 Å². The van der Waals surface area contributed by atoms with Gasteiger partial charge in [0.1, 0.15) is 0 Å². The highest BCUT2D eigenvalue weighted by Crippen LogP contribution is 2.36. The average molecular weight is 424 g/mol. The molecule has 1 N–H and O–H groups in total. The number of rotatable bonds is 3. The van der Waals surface area contributed by atoms with Crippen molar-refractivity contribution in [2.24, 2.45) is 11.8 Å². The maximum absolute atomic E-state index is 11.2. The largest absolute Gasteiger partial charge is 0.465 e. The first-order chi connectivity index (χ1) is 13.6. The Morgan fingerprint density at radius 2 is 1.93 bits per heavy atom. The Morgan fingerprint density at radius 3 is 2.61 bits per heavy atom. The zero-order chi connectivity index (χ0) is 19.3. The van der Waals surface area contributed by atoms with Crippen LogP contribution in [-0.4, -0.2) is 83.4 Å². The van der Waals surface area contributed by atoms with E-state index in [4.69, 9.17) is 16.3 Å². The summed E-state index contributed by atoms with van der Waals surface area (Å²) in [5, 5.41) is 9.46. The van der Waals surface area contributed by atoms with Gasteiger partial charge in [-0.1, -0.05) is 0 Å². The summed E-state index contributed by atoms with van der Waals surface area (Å²) >= 11 is 7.92. The third-order valence-electron chi connectivity index (χ3n) is 5.90. The summed E-state index contributed by atoms with van der Waals surface area (Å²) in [7, 11) is 0. The molecule has 0 aliphatic carbocycles. The van der Waals surface area contributed by atoms with Gasteiger partial charge in [0.25, 0.3) is 0 Å². The Labute approximate surface area is 171 Å². The van der Waals surface area contributed by atoms with Crippen LogP contribution in [-0.2, 0) is 11.3 Å². The molecule has 2 unspecified atom stereocenters. The summed E-state index contributed by atoms with van der Waals surface area (Å²) < 4.78 is 6.54. The van der Waals surface area contributed by atoms with Gasteiger partial charge in [0, 0.05) is 50.7 Å². The number of fused-ring (bicyclic) bond motifs is 2. The van der Waals surface area contributed by atoms with E-state index in [-0.39, 0.29) is 5.28 Å². The maximum Gasteiger partial charge on any atom is 0.407 e. The number of morpholine rings is 1. The predicted octanol–water partition coefficient (Wildman–Crippen LogP) is 2.22. The molecule has 3 aliphatic heterocycles. The standard InChI is InChI=1S/C18H22ClN5O3S/c19-17-20-14-5-13(28-15(14)16(21-17)23-1-3-27-4-2-23)10-22-6-11-8-24(18(25)26)9-12(11)7-22/h5,11-12H,1-4,6-10H2,(H,25,26). The Morgan fingerprint density at radius 1 is 1.21 bits per heavy atom. The van der Waals surface area contributed by atoms with E-state index in [1.54, 1.807) is 16.2 Å². The maximum atomic E-state index is 11.2. The van der Waals surface area contributed by atoms with Gasteiger partial charge < -0.3 is 19.6 Å². The van der Waals surface area contributed by atoms with Crippen LogP contribution in [0.2, 0.25) is 5.28 Å². The molecule has 3 fully saturated rings. The van der Waals surface area contributed by atoms with Crippen molar-refractivity contribution < 1.29 is 14.6 Å². The smallest absolute Gasteiger partial charge is 0.407 e. The predicted molar refractivity (Wildman–Crippen MR) is 107 cm³/mol. The highest BCUT2D eigenvalue weighted by Gasteiger charge is 2.41. The number of thiophene rings is 1. The van der Waals surface area contributed by atoms with Crippen LogP contribution >= 0.6 is 22.9 Å². The molecule has 1 amide bonds. The minimum Gasteiger partial charge on any atom is -0.465 e. The first kappa shape index (κ1) is 18.4. The van der Waals surface area contributed by atoms with Crippen LogP contribution in [0.3, 0.4) is 0 Å². The molecule has 2 aromatic rings. The van der Waals surface area contributed by atoms with Gasteiger partial charge in [0.15, 0.2) is 5.82 Å². The molecule has 28 heavy (non-hydrogen) atoms. The second kappa shape index (κ2) is 7.29. The zero-order valence-electron chi connectivity index (χ0n) is 15.4. The van der Waals surface area contributed by atoms with Gasteiger partial charge in [0.05, 0.1) is 23.4 Å². The first-order valence-electron chi connectivity index (χ1n) is 9.55. The lowest BCUT2D eigenvalue weighted by Crippen LogP contribution is -2.36. The molecule has 0 radical (unpaired) electrons. The summed E-state index contributed by atoms with van der Waals surface area (Å²) in [4.78, 5) is 27.6. The van der Waals surface area contributed by atoms with E-state index in [9.17, 15) is 9.90 Å². The van der Waals surface area contributed by atoms with Crippen molar-refractivity contribution >= 4 is 45.1 Å². The third-order valence-corrected chi connectivity index (χ3v) is 7.17. The minimum absolute atomic E-state index is 0.280. The Bertz CT molecular complexity index is 889. The lowest BCUT2D eigenvalue weighted by molar-refractivity contribution is 0.122. The molecule has 8 nitrogen and oxygen atoms in total. The van der Waals surface area contributed by atoms with Crippen LogP contribution in [0.5, 0.6) is 0 Å². The van der Waals surface area contributed by atoms with Crippen molar-refractivity contribution in [1.29, 1.82) is 0 Å². The normalized spacial score (nSPS) is 25.6. The van der Waals surface area contributed by atoms with Crippen molar-refractivity contribution in [1.82, 2.24) is 19.8 Å². The van der Waals surface area contributed by atoms with Gasteiger partial charge in [-0.3, -0.25) is 4.90 Å². The van der Waals surface area contributed by atoms with Crippen LogP contribution in [0.25, 0.3) is 10.2 Å². The van der Waals surface area contributed by atoms with Crippen LogP contribution < -0.4 is 4.90 Å². The van der Waals surface area contributed by atoms with Gasteiger partial charge in [-0.05, 0) is 29.5 Å². The van der Waals surface area contributed by atoms with Gasteiger partial charge >= 0.3 is 6.09 Å². The SMILES string of the molecule is O=C(O)N1CC2CN(Cc3cc4nc(Cl)nc(N5CCOCC5)c4s3)CC2C1. The topological polar surface area (TPSA) is 82.0 Å². The molecule has 0 saturated carbocycles. The van der Waals surface area contributed by atoms with E-state index in [0.717, 1.165) is 48.8 Å². The van der Waals surface area contributed by atoms with E-state index in [1.165, 1.54) is 4.88 Å². The number of carbonyl (C=O) groups is 1. The molecular formula is C18H22ClN5O3S. The second-order valence-electron chi connectivity index (χ2n) is 7.74. The number of carboxylic acid groups (broad SMARTS) is 1. The number of halogens is 1. The summed E-state index contributed by atoms with van der Waals surface area (Å²) in [5.74, 6) is 1.80. The number of amides is 1. The van der Waals surface area contributed by atoms with Crippen LogP contribution in [0.4, 0.5) is 10.6 Å². The van der Waals surface area contributed by atoms with Crippen molar-refractivity contribution in [3.8, 4) is 0 Å². The molecule has 2 atom stereocenters. The first-order valence-corrected chi connectivity index (χ1v) is 10.7. The zero-order valence-corrected chi connectivity index (χ0v) is 17.0. The lowest BCUT2D eigenvalue weighted by atomic mass is 10.0. The number of hydrogen-bond donors (Lipinski definition) is 1. The molecule has 3 saturated heterocycles. The molecule has 5 rings (SSSR count). The van der Waals surface area contributed by atoms with E-state index in [1.807, 2.05) is 0 Å². The number of ether oxygens (including phenoxy) is 1. The van der Waals surface area contributed by atoms with E-state index >= 15 is 0 Å². The fourth-order valence-corrected chi connectivity index (χ4v) is 5.93. The van der Waals surface area contributed by atoms with E-state index in [0.29, 0.717) is 38.1 Å². The minimum atomic E-state index is -0.795. The van der Waals surface area contributed by atoms with E-state index < -0.39 is 6.09 Å². The number of anilines is 1. The lowest BCUT2D eigenvalue weighted by Gasteiger charge is -2.28. The van der Waals surface area contributed by atoms with Gasteiger partial charge in [-0.25, -0.2) is 9.78 Å². The molecule has 0 aromatic carbocycles.